The maximum absolute atomic E-state index is 12.5. The van der Waals surface area contributed by atoms with E-state index in [0.29, 0.717) is 18.7 Å². The van der Waals surface area contributed by atoms with Gasteiger partial charge in [-0.15, -0.1) is 0 Å². The monoisotopic (exact) mass is 472 g/mol. The molecular weight excluding hydrogens is 444 g/mol. The molecule has 0 radical (unpaired) electrons. The second-order valence-corrected chi connectivity index (χ2v) is 9.54. The fourth-order valence-electron chi connectivity index (χ4n) is 4.18. The Morgan fingerprint density at radius 2 is 2.03 bits per heavy atom. The first-order valence-corrected chi connectivity index (χ1v) is 12.6. The molecule has 3 heterocycles. The summed E-state index contributed by atoms with van der Waals surface area (Å²) in [7, 11) is 0. The molecule has 2 aromatic carbocycles. The average Bonchev–Trinajstić information content (AvgIpc) is 3.51. The molecule has 0 aliphatic carbocycles. The number of hydrogen-bond donors (Lipinski definition) is 1. The number of fused-ring (bicyclic) bond motifs is 1. The van der Waals surface area contributed by atoms with Crippen molar-refractivity contribution >= 4 is 28.7 Å². The fraction of sp³-hybridized carbons (Fsp3) is 0.296. The van der Waals surface area contributed by atoms with Gasteiger partial charge in [0.2, 0.25) is 0 Å². The molecular formula is C27H28N4O2S. The number of rotatable bonds is 8. The van der Waals surface area contributed by atoms with E-state index in [0.717, 1.165) is 47.0 Å². The van der Waals surface area contributed by atoms with Crippen molar-refractivity contribution in [1.29, 1.82) is 0 Å². The smallest absolute Gasteiger partial charge is 0.251 e. The van der Waals surface area contributed by atoms with Crippen molar-refractivity contribution in [2.45, 2.75) is 43.3 Å². The van der Waals surface area contributed by atoms with E-state index in [1.165, 1.54) is 11.1 Å². The zero-order chi connectivity index (χ0) is 23.3. The van der Waals surface area contributed by atoms with E-state index in [-0.39, 0.29) is 12.0 Å². The zero-order valence-corrected chi connectivity index (χ0v) is 20.1. The number of carbonyl (C=O) groups is 1. The lowest BCUT2D eigenvalue weighted by Gasteiger charge is -2.12. The van der Waals surface area contributed by atoms with Crippen LogP contribution in [0.15, 0.2) is 72.1 Å². The molecule has 1 N–H and O–H groups in total. The molecule has 6 nitrogen and oxygen atoms in total. The molecule has 1 aliphatic heterocycles. The highest BCUT2D eigenvalue weighted by molar-refractivity contribution is 7.98. The van der Waals surface area contributed by atoms with E-state index in [2.05, 4.69) is 46.1 Å². The standard InChI is InChI=1S/C27H28N4O2S/c1-19-5-2-3-6-22(19)18-34-27-30-24-12-13-28-16-25(24)31(27)17-20-8-10-21(11-9-20)26(32)29-15-23-7-4-14-33-23/h2-3,5-6,8-13,16,23H,4,7,14-15,17-18H2,1H3,(H,29,32)/t23-/m0/s1. The Morgan fingerprint density at radius 1 is 1.18 bits per heavy atom. The molecule has 0 saturated carbocycles. The van der Waals surface area contributed by atoms with E-state index in [1.807, 2.05) is 36.5 Å². The maximum Gasteiger partial charge on any atom is 0.251 e. The van der Waals surface area contributed by atoms with Crippen LogP contribution in [0.3, 0.4) is 0 Å². The molecule has 2 aromatic heterocycles. The normalized spacial score (nSPS) is 15.6. The quantitative estimate of drug-likeness (QED) is 0.366. The molecule has 0 spiro atoms. The summed E-state index contributed by atoms with van der Waals surface area (Å²) in [5.74, 6) is 0.793. The highest BCUT2D eigenvalue weighted by atomic mass is 32.2. The van der Waals surface area contributed by atoms with Crippen LogP contribution in [0, 0.1) is 6.92 Å². The van der Waals surface area contributed by atoms with Crippen molar-refractivity contribution in [1.82, 2.24) is 19.9 Å². The molecule has 0 bridgehead atoms. The van der Waals surface area contributed by atoms with Crippen molar-refractivity contribution < 1.29 is 9.53 Å². The first kappa shape index (κ1) is 22.6. The highest BCUT2D eigenvalue weighted by Crippen LogP contribution is 2.28. The van der Waals surface area contributed by atoms with Gasteiger partial charge < -0.3 is 14.6 Å². The third-order valence-corrected chi connectivity index (χ3v) is 7.23. The predicted molar refractivity (Wildman–Crippen MR) is 135 cm³/mol. The number of ether oxygens (including phenoxy) is 1. The summed E-state index contributed by atoms with van der Waals surface area (Å²) in [6.45, 7) is 4.16. The van der Waals surface area contributed by atoms with E-state index in [4.69, 9.17) is 9.72 Å². The molecule has 1 aliphatic rings. The van der Waals surface area contributed by atoms with Crippen molar-refractivity contribution in [3.05, 3.63) is 89.2 Å². The lowest BCUT2D eigenvalue weighted by Crippen LogP contribution is -2.31. The van der Waals surface area contributed by atoms with Crippen LogP contribution < -0.4 is 5.32 Å². The van der Waals surface area contributed by atoms with E-state index in [1.54, 1.807) is 18.0 Å². The van der Waals surface area contributed by atoms with Gasteiger partial charge in [-0.25, -0.2) is 4.98 Å². The number of aryl methyl sites for hydroxylation is 1. The number of pyridine rings is 1. The minimum absolute atomic E-state index is 0.0613. The number of benzene rings is 2. The molecule has 34 heavy (non-hydrogen) atoms. The maximum atomic E-state index is 12.5. The lowest BCUT2D eigenvalue weighted by molar-refractivity contribution is 0.0858. The Labute approximate surface area is 203 Å². The second-order valence-electron chi connectivity index (χ2n) is 8.60. The van der Waals surface area contributed by atoms with Crippen LogP contribution in [0.5, 0.6) is 0 Å². The largest absolute Gasteiger partial charge is 0.376 e. The van der Waals surface area contributed by atoms with Gasteiger partial charge in [0, 0.05) is 30.7 Å². The highest BCUT2D eigenvalue weighted by Gasteiger charge is 2.17. The summed E-state index contributed by atoms with van der Waals surface area (Å²) < 4.78 is 7.79. The van der Waals surface area contributed by atoms with Gasteiger partial charge in [-0.1, -0.05) is 48.2 Å². The van der Waals surface area contributed by atoms with Crippen LogP contribution in [0.4, 0.5) is 0 Å². The SMILES string of the molecule is Cc1ccccc1CSc1nc2ccncc2n1Cc1ccc(C(=O)NC[C@@H]2CCCO2)cc1. The summed E-state index contributed by atoms with van der Waals surface area (Å²) in [5.41, 5.74) is 6.31. The first-order chi connectivity index (χ1) is 16.7. The molecule has 1 fully saturated rings. The Balaban J connectivity index is 1.31. The van der Waals surface area contributed by atoms with Gasteiger partial charge in [0.15, 0.2) is 5.16 Å². The number of aromatic nitrogens is 3. The first-order valence-electron chi connectivity index (χ1n) is 11.6. The summed E-state index contributed by atoms with van der Waals surface area (Å²) in [5, 5.41) is 3.95. The van der Waals surface area contributed by atoms with Gasteiger partial charge in [0.1, 0.15) is 0 Å². The van der Waals surface area contributed by atoms with Gasteiger partial charge in [-0.3, -0.25) is 9.78 Å². The van der Waals surface area contributed by atoms with Crippen LogP contribution >= 0.6 is 11.8 Å². The van der Waals surface area contributed by atoms with Crippen molar-refractivity contribution in [2.24, 2.45) is 0 Å². The van der Waals surface area contributed by atoms with Crippen molar-refractivity contribution in [2.75, 3.05) is 13.2 Å². The van der Waals surface area contributed by atoms with Crippen LogP contribution in [0.2, 0.25) is 0 Å². The second kappa shape index (κ2) is 10.4. The van der Waals surface area contributed by atoms with Gasteiger partial charge in [-0.2, -0.15) is 0 Å². The zero-order valence-electron chi connectivity index (χ0n) is 19.2. The van der Waals surface area contributed by atoms with Gasteiger partial charge >= 0.3 is 0 Å². The number of amides is 1. The number of nitrogens with zero attached hydrogens (tertiary/aromatic N) is 3. The summed E-state index contributed by atoms with van der Waals surface area (Å²) in [6, 6.07) is 18.2. The van der Waals surface area contributed by atoms with Gasteiger partial charge in [-0.05, 0) is 54.7 Å². The van der Waals surface area contributed by atoms with Crippen molar-refractivity contribution in [3.63, 3.8) is 0 Å². The molecule has 1 amide bonds. The number of carbonyl (C=O) groups excluding carboxylic acids is 1. The molecule has 7 heteroatoms. The van der Waals surface area contributed by atoms with Crippen LogP contribution in [0.25, 0.3) is 11.0 Å². The van der Waals surface area contributed by atoms with E-state index in [9.17, 15) is 4.79 Å². The Morgan fingerprint density at radius 3 is 2.82 bits per heavy atom. The minimum atomic E-state index is -0.0613. The lowest BCUT2D eigenvalue weighted by atomic mass is 10.1. The van der Waals surface area contributed by atoms with Crippen LogP contribution in [-0.2, 0) is 17.0 Å². The topological polar surface area (TPSA) is 69.0 Å². The molecule has 1 atom stereocenters. The third-order valence-electron chi connectivity index (χ3n) is 6.20. The van der Waals surface area contributed by atoms with Gasteiger partial charge in [0.05, 0.1) is 29.9 Å². The van der Waals surface area contributed by atoms with E-state index >= 15 is 0 Å². The Hall–Kier alpha value is -3.16. The fourth-order valence-corrected chi connectivity index (χ4v) is 5.27. The molecule has 1 saturated heterocycles. The average molecular weight is 473 g/mol. The van der Waals surface area contributed by atoms with E-state index < -0.39 is 0 Å². The molecule has 5 rings (SSSR count). The summed E-state index contributed by atoms with van der Waals surface area (Å²) in [4.78, 5) is 21.7. The minimum Gasteiger partial charge on any atom is -0.376 e. The molecule has 0 unspecified atom stereocenters. The molecule has 174 valence electrons. The summed E-state index contributed by atoms with van der Waals surface area (Å²) in [6.07, 6.45) is 5.87. The number of imidazole rings is 1. The van der Waals surface area contributed by atoms with Gasteiger partial charge in [0.25, 0.3) is 5.91 Å². The Kier molecular flexibility index (Phi) is 6.92. The number of hydrogen-bond acceptors (Lipinski definition) is 5. The van der Waals surface area contributed by atoms with Crippen LogP contribution in [-0.4, -0.2) is 39.7 Å². The number of nitrogens with one attached hydrogen (secondary N) is 1. The molecule has 4 aromatic rings. The van der Waals surface area contributed by atoms with Crippen molar-refractivity contribution in [3.8, 4) is 0 Å². The summed E-state index contributed by atoms with van der Waals surface area (Å²) >= 11 is 1.73. The number of thioether (sulfide) groups is 1. The predicted octanol–water partition coefficient (Wildman–Crippen LogP) is 4.99. The third kappa shape index (κ3) is 5.16. The van der Waals surface area contributed by atoms with Crippen LogP contribution in [0.1, 0.15) is 39.9 Å². The Bertz CT molecular complexity index is 1280.